The van der Waals surface area contributed by atoms with Crippen LogP contribution in [0.4, 0.5) is 5.00 Å². The highest BCUT2D eigenvalue weighted by Crippen LogP contribution is 2.56. The molecule has 0 unspecified atom stereocenters. The van der Waals surface area contributed by atoms with Crippen LogP contribution in [0.3, 0.4) is 0 Å². The topological polar surface area (TPSA) is 101 Å². The molecule has 1 aromatic carbocycles. The van der Waals surface area contributed by atoms with Gasteiger partial charge in [-0.15, -0.1) is 11.3 Å². The molecular formula is C30H32N4O3S. The zero-order valence-corrected chi connectivity index (χ0v) is 23.1. The Balaban J connectivity index is 1.66. The first-order valence-corrected chi connectivity index (χ1v) is 14.0. The summed E-state index contributed by atoms with van der Waals surface area (Å²) in [4.78, 5) is 22.4. The fourth-order valence-corrected chi connectivity index (χ4v) is 7.91. The van der Waals surface area contributed by atoms with Crippen molar-refractivity contribution in [2.45, 2.75) is 64.7 Å². The maximum absolute atomic E-state index is 14.0. The number of methoxy groups -OCH3 is 2. The summed E-state index contributed by atoms with van der Waals surface area (Å²) in [5, 5.41) is 11.6. The van der Waals surface area contributed by atoms with Gasteiger partial charge in [0.25, 0.3) is 0 Å². The van der Waals surface area contributed by atoms with Crippen molar-refractivity contribution in [3.8, 4) is 17.6 Å². The number of aryl methyl sites for hydroxylation is 1. The molecule has 1 atom stereocenters. The Bertz CT molecular complexity index is 1500. The van der Waals surface area contributed by atoms with Gasteiger partial charge < -0.3 is 15.2 Å². The molecule has 4 aliphatic rings. The summed E-state index contributed by atoms with van der Waals surface area (Å²) in [7, 11) is 3.20. The number of anilines is 1. The third kappa shape index (κ3) is 3.67. The van der Waals surface area contributed by atoms with Gasteiger partial charge in [0.2, 0.25) is 0 Å². The Kier molecular flexibility index (Phi) is 5.88. The SMILES string of the molecule is COc1ccc(OC)c([C@H]2C(C#N)=C3N=C(N)c4c(sc5c4CCCCC5)N3C3=C2C(=O)CC(C)(C)C3)c1. The molecule has 2 aliphatic heterocycles. The van der Waals surface area contributed by atoms with Gasteiger partial charge in [-0.1, -0.05) is 20.3 Å². The van der Waals surface area contributed by atoms with E-state index in [0.29, 0.717) is 47.1 Å². The summed E-state index contributed by atoms with van der Waals surface area (Å²) >= 11 is 1.75. The maximum Gasteiger partial charge on any atom is 0.162 e. The predicted molar refractivity (Wildman–Crippen MR) is 149 cm³/mol. The second-order valence-electron chi connectivity index (χ2n) is 11.3. The first-order chi connectivity index (χ1) is 18.3. The Morgan fingerprint density at radius 3 is 2.68 bits per heavy atom. The second-order valence-corrected chi connectivity index (χ2v) is 12.4. The highest BCUT2D eigenvalue weighted by atomic mass is 32.1. The number of aliphatic imine (C=N–C) groups is 1. The van der Waals surface area contributed by atoms with Crippen LogP contribution in [0.5, 0.6) is 11.5 Å². The van der Waals surface area contributed by atoms with Crippen LogP contribution in [-0.2, 0) is 17.6 Å². The van der Waals surface area contributed by atoms with Gasteiger partial charge in [-0.2, -0.15) is 5.26 Å². The van der Waals surface area contributed by atoms with Gasteiger partial charge in [-0.3, -0.25) is 9.69 Å². The number of nitrogens with zero attached hydrogens (tertiary/aromatic N) is 3. The number of hydrogen-bond acceptors (Lipinski definition) is 8. The van der Waals surface area contributed by atoms with Crippen LogP contribution < -0.4 is 20.1 Å². The molecule has 3 heterocycles. The molecule has 2 aromatic rings. The molecule has 8 heteroatoms. The minimum atomic E-state index is -0.620. The van der Waals surface area contributed by atoms with E-state index in [2.05, 4.69) is 24.8 Å². The van der Waals surface area contributed by atoms with Crippen molar-refractivity contribution in [2.75, 3.05) is 19.1 Å². The number of fused-ring (bicyclic) bond motifs is 6. The molecule has 0 spiro atoms. The fourth-order valence-electron chi connectivity index (χ4n) is 6.49. The van der Waals surface area contributed by atoms with Crippen LogP contribution in [0.15, 0.2) is 45.9 Å². The van der Waals surface area contributed by atoms with Crippen molar-refractivity contribution in [3.63, 3.8) is 0 Å². The highest BCUT2D eigenvalue weighted by Gasteiger charge is 2.48. The van der Waals surface area contributed by atoms with Gasteiger partial charge in [-0.25, -0.2) is 4.99 Å². The molecular weight excluding hydrogens is 496 g/mol. The van der Waals surface area contributed by atoms with E-state index in [4.69, 9.17) is 20.2 Å². The number of Topliss-reactive ketones (excluding diaryl/α,β-unsaturated/α-hetero) is 1. The van der Waals surface area contributed by atoms with E-state index in [9.17, 15) is 10.1 Å². The smallest absolute Gasteiger partial charge is 0.162 e. The zero-order valence-electron chi connectivity index (χ0n) is 22.3. The molecule has 196 valence electrons. The number of allylic oxidation sites excluding steroid dienone is 3. The molecule has 0 radical (unpaired) electrons. The van der Waals surface area contributed by atoms with Crippen LogP contribution >= 0.6 is 11.3 Å². The van der Waals surface area contributed by atoms with Crippen LogP contribution in [-0.4, -0.2) is 25.8 Å². The third-order valence-corrected chi connectivity index (χ3v) is 9.43. The van der Waals surface area contributed by atoms with Crippen molar-refractivity contribution < 1.29 is 14.3 Å². The number of rotatable bonds is 3. The lowest BCUT2D eigenvalue weighted by Crippen LogP contribution is -2.42. The number of thiophene rings is 1. The number of carbonyl (C=O) groups is 1. The van der Waals surface area contributed by atoms with Gasteiger partial charge in [0, 0.05) is 28.1 Å². The molecule has 0 saturated carbocycles. The Labute approximate surface area is 227 Å². The summed E-state index contributed by atoms with van der Waals surface area (Å²) in [6, 6.07) is 7.94. The number of nitriles is 1. The Hall–Kier alpha value is -3.57. The quantitative estimate of drug-likeness (QED) is 0.510. The number of benzene rings is 1. The first-order valence-electron chi connectivity index (χ1n) is 13.2. The summed E-state index contributed by atoms with van der Waals surface area (Å²) in [6.07, 6.45) is 6.61. The lowest BCUT2D eigenvalue weighted by atomic mass is 9.68. The molecule has 0 amide bonds. The summed E-state index contributed by atoms with van der Waals surface area (Å²) in [5.74, 6) is 1.64. The lowest BCUT2D eigenvalue weighted by molar-refractivity contribution is -0.118. The van der Waals surface area contributed by atoms with E-state index in [0.717, 1.165) is 47.5 Å². The molecule has 7 nitrogen and oxygen atoms in total. The van der Waals surface area contributed by atoms with Gasteiger partial charge >= 0.3 is 0 Å². The molecule has 6 rings (SSSR count). The van der Waals surface area contributed by atoms with E-state index < -0.39 is 5.92 Å². The summed E-state index contributed by atoms with van der Waals surface area (Å²) in [6.45, 7) is 4.26. The van der Waals surface area contributed by atoms with Crippen molar-refractivity contribution in [2.24, 2.45) is 16.1 Å². The maximum atomic E-state index is 14.0. The van der Waals surface area contributed by atoms with Crippen LogP contribution in [0.2, 0.25) is 0 Å². The molecule has 1 aromatic heterocycles. The van der Waals surface area contributed by atoms with Gasteiger partial charge in [0.15, 0.2) is 11.6 Å². The van der Waals surface area contributed by atoms with E-state index in [1.807, 2.05) is 18.2 Å². The number of carbonyl (C=O) groups excluding carboxylic acids is 1. The number of ether oxygens (including phenoxy) is 2. The average Bonchev–Trinajstić information content (AvgIpc) is 3.09. The first kappa shape index (κ1) is 24.7. The van der Waals surface area contributed by atoms with Crippen LogP contribution in [0, 0.1) is 16.7 Å². The molecule has 0 saturated heterocycles. The van der Waals surface area contributed by atoms with E-state index in [1.165, 1.54) is 16.9 Å². The van der Waals surface area contributed by atoms with Crippen molar-refractivity contribution in [1.82, 2.24) is 0 Å². The van der Waals surface area contributed by atoms with E-state index in [1.54, 1.807) is 25.6 Å². The van der Waals surface area contributed by atoms with Gasteiger partial charge in [0.1, 0.15) is 22.3 Å². The molecule has 38 heavy (non-hydrogen) atoms. The minimum Gasteiger partial charge on any atom is -0.497 e. The van der Waals surface area contributed by atoms with Crippen molar-refractivity contribution in [3.05, 3.63) is 62.4 Å². The second kappa shape index (κ2) is 9.02. The van der Waals surface area contributed by atoms with Gasteiger partial charge in [0.05, 0.1) is 37.3 Å². The lowest BCUT2D eigenvalue weighted by Gasteiger charge is -2.44. The van der Waals surface area contributed by atoms with E-state index >= 15 is 0 Å². The monoisotopic (exact) mass is 528 g/mol. The molecule has 0 fully saturated rings. The largest absolute Gasteiger partial charge is 0.497 e. The number of ketones is 1. The van der Waals surface area contributed by atoms with Crippen molar-refractivity contribution in [1.29, 1.82) is 5.26 Å². The Morgan fingerprint density at radius 2 is 1.95 bits per heavy atom. The van der Waals surface area contributed by atoms with Crippen LogP contribution in [0.25, 0.3) is 0 Å². The fraction of sp³-hybridized carbons (Fsp3) is 0.433. The highest BCUT2D eigenvalue weighted by molar-refractivity contribution is 7.17. The van der Waals surface area contributed by atoms with Crippen molar-refractivity contribution >= 4 is 28.0 Å². The summed E-state index contributed by atoms with van der Waals surface area (Å²) < 4.78 is 11.3. The molecule has 2 N–H and O–H groups in total. The molecule has 2 aliphatic carbocycles. The van der Waals surface area contributed by atoms with Gasteiger partial charge in [-0.05, 0) is 61.3 Å². The molecule has 0 bridgehead atoms. The normalized spacial score (nSPS) is 22.0. The number of nitrogens with two attached hydrogens (primary N) is 1. The standard InChI is InChI=1S/C30H32N4O3S/c1-30(2)13-20-26(21(35)14-30)24(18-12-16(36-3)10-11-22(18)37-4)19(15-31)28-33-27(32)25-17-8-6-5-7-9-23(17)38-29(25)34(20)28/h10-12,24H,5-9,13-14H2,1-4H3,(H2,32,33)/t24-/m0/s1. The third-order valence-electron chi connectivity index (χ3n) is 8.15. The average molecular weight is 529 g/mol. The minimum absolute atomic E-state index is 0.0557. The zero-order chi connectivity index (χ0) is 26.8. The predicted octanol–water partition coefficient (Wildman–Crippen LogP) is 5.74. The summed E-state index contributed by atoms with van der Waals surface area (Å²) in [5.41, 5.74) is 11.4. The Morgan fingerprint density at radius 1 is 1.16 bits per heavy atom. The van der Waals surface area contributed by atoms with E-state index in [-0.39, 0.29) is 11.2 Å². The van der Waals surface area contributed by atoms with Crippen LogP contribution in [0.1, 0.15) is 73.4 Å². The number of hydrogen-bond donors (Lipinski definition) is 1. The number of amidine groups is 1.